The van der Waals surface area contributed by atoms with Gasteiger partial charge in [-0.2, -0.15) is 8.42 Å². The molecule has 2 aromatic rings. The van der Waals surface area contributed by atoms with Crippen LogP contribution in [0.4, 0.5) is 5.13 Å². The van der Waals surface area contributed by atoms with Gasteiger partial charge in [0.15, 0.2) is 17.4 Å². The summed E-state index contributed by atoms with van der Waals surface area (Å²) in [5.74, 6) is -3.86. The van der Waals surface area contributed by atoms with Crippen LogP contribution in [0.3, 0.4) is 0 Å². The number of amides is 3. The van der Waals surface area contributed by atoms with E-state index in [-0.39, 0.29) is 40.7 Å². The third kappa shape index (κ3) is 7.96. The molecule has 1 aliphatic heterocycles. The second kappa shape index (κ2) is 12.0. The number of nitrogens with zero attached hydrogens (tertiary/aromatic N) is 7. The Morgan fingerprint density at radius 2 is 1.95 bits per heavy atom. The number of thiazole rings is 1. The molecule has 0 bridgehead atoms. The zero-order valence-electron chi connectivity index (χ0n) is 23.2. The topological polar surface area (TPSA) is 261 Å². The first kappa shape index (κ1) is 32.3. The minimum atomic E-state index is -5.03. The van der Waals surface area contributed by atoms with E-state index in [1.807, 2.05) is 21.1 Å². The lowest BCUT2D eigenvalue weighted by atomic mass is 9.98. The highest BCUT2D eigenvalue weighted by Gasteiger charge is 2.54. The van der Waals surface area contributed by atoms with Crippen molar-refractivity contribution >= 4 is 56.2 Å². The molecule has 2 atom stereocenters. The molecular formula is C21H31N10O9S2+. The predicted octanol–water partition coefficient (Wildman–Crippen LogP) is -2.58. The number of anilines is 1. The van der Waals surface area contributed by atoms with Gasteiger partial charge in [-0.3, -0.25) is 18.9 Å². The molecule has 0 saturated carbocycles. The van der Waals surface area contributed by atoms with Gasteiger partial charge in [0.05, 0.1) is 46.5 Å². The minimum absolute atomic E-state index is 0.0217. The van der Waals surface area contributed by atoms with Crippen LogP contribution in [0.25, 0.3) is 0 Å². The molecule has 1 aliphatic rings. The molecule has 3 amide bonds. The third-order valence-electron chi connectivity index (χ3n) is 5.61. The fraction of sp³-hybridized carbons (Fsp3) is 0.524. The number of oxime groups is 1. The molecule has 2 aromatic heterocycles. The Morgan fingerprint density at radius 1 is 1.29 bits per heavy atom. The van der Waals surface area contributed by atoms with E-state index in [9.17, 15) is 37.3 Å². The first-order valence-corrected chi connectivity index (χ1v) is 14.3. The van der Waals surface area contributed by atoms with Crippen LogP contribution in [-0.4, -0.2) is 122 Å². The summed E-state index contributed by atoms with van der Waals surface area (Å²) < 4.78 is 35.2. The number of carboxylic acids is 1. The lowest BCUT2D eigenvalue weighted by Crippen LogP contribution is -2.73. The van der Waals surface area contributed by atoms with E-state index in [2.05, 4.69) is 31.1 Å². The molecule has 42 heavy (non-hydrogen) atoms. The van der Waals surface area contributed by atoms with Crippen LogP contribution in [0.2, 0.25) is 0 Å². The minimum Gasteiger partial charge on any atom is -0.478 e. The van der Waals surface area contributed by atoms with Gasteiger partial charge in [0.2, 0.25) is 5.60 Å². The summed E-state index contributed by atoms with van der Waals surface area (Å²) in [6.45, 7) is 2.26. The maximum atomic E-state index is 13.2. The number of hydrogen-bond donors (Lipinski definition) is 5. The van der Waals surface area contributed by atoms with Gasteiger partial charge in [-0.05, 0) is 13.8 Å². The van der Waals surface area contributed by atoms with E-state index in [0.29, 0.717) is 10.2 Å². The van der Waals surface area contributed by atoms with Gasteiger partial charge in [0, 0.05) is 5.38 Å². The number of aromatic nitrogens is 4. The molecule has 3 heterocycles. The molecule has 1 fully saturated rings. The first-order valence-electron chi connectivity index (χ1n) is 12.1. The fourth-order valence-corrected chi connectivity index (χ4v) is 4.95. The molecule has 3 rings (SSSR count). The van der Waals surface area contributed by atoms with E-state index in [0.717, 1.165) is 11.3 Å². The Kier molecular flexibility index (Phi) is 9.19. The van der Waals surface area contributed by atoms with Gasteiger partial charge >= 0.3 is 16.3 Å². The largest absolute Gasteiger partial charge is 0.478 e. The number of carboxylic acid groups (broad SMARTS) is 1. The Hall–Kier alpha value is -4.21. The van der Waals surface area contributed by atoms with Crippen LogP contribution < -0.4 is 16.4 Å². The highest BCUT2D eigenvalue weighted by Crippen LogP contribution is 2.25. The highest BCUT2D eigenvalue weighted by atomic mass is 32.2. The number of β-lactam (4-membered cyclic amide) rings is 1. The quantitative estimate of drug-likeness (QED) is 0.0501. The van der Waals surface area contributed by atoms with Crippen LogP contribution in [0, 0.1) is 0 Å². The summed E-state index contributed by atoms with van der Waals surface area (Å²) in [4.78, 5) is 58.3. The summed E-state index contributed by atoms with van der Waals surface area (Å²) >= 11 is 0.946. The van der Waals surface area contributed by atoms with Crippen LogP contribution in [0.15, 0.2) is 16.7 Å². The molecule has 0 aromatic carbocycles. The number of quaternary nitrogens is 1. The van der Waals surface area contributed by atoms with Crippen molar-refractivity contribution in [3.8, 4) is 0 Å². The van der Waals surface area contributed by atoms with Crippen LogP contribution in [-0.2, 0) is 47.4 Å². The second-order valence-electron chi connectivity index (χ2n) is 10.7. The van der Waals surface area contributed by atoms with Crippen molar-refractivity contribution in [1.29, 1.82) is 0 Å². The predicted molar refractivity (Wildman–Crippen MR) is 145 cm³/mol. The van der Waals surface area contributed by atoms with Crippen molar-refractivity contribution in [3.05, 3.63) is 23.0 Å². The monoisotopic (exact) mass is 631 g/mol. The third-order valence-corrected chi connectivity index (χ3v) is 7.23. The van der Waals surface area contributed by atoms with E-state index < -0.39 is 51.5 Å². The average Bonchev–Trinajstić information content (AvgIpc) is 3.47. The molecule has 0 unspecified atom stereocenters. The number of rotatable bonds is 13. The summed E-state index contributed by atoms with van der Waals surface area (Å²) in [5.41, 5.74) is 3.48. The maximum absolute atomic E-state index is 13.2. The van der Waals surface area contributed by atoms with E-state index in [4.69, 9.17) is 10.6 Å². The smallest absolute Gasteiger partial charge is 0.362 e. The number of aliphatic carboxylic acids is 1. The van der Waals surface area contributed by atoms with Gasteiger partial charge < -0.3 is 30.8 Å². The van der Waals surface area contributed by atoms with Gasteiger partial charge in [-0.15, -0.1) is 16.4 Å². The molecule has 6 N–H and O–H groups in total. The first-order chi connectivity index (χ1) is 19.3. The zero-order chi connectivity index (χ0) is 31.6. The Labute approximate surface area is 243 Å². The number of nitrogens with one attached hydrogen (secondary N) is 2. The van der Waals surface area contributed by atoms with Crippen molar-refractivity contribution < 1.29 is 46.6 Å². The molecule has 1 saturated heterocycles. The number of likely N-dealkylation sites (N-methyl/N-ethyl adjacent to an activating group) is 1. The summed E-state index contributed by atoms with van der Waals surface area (Å²) in [6, 6.07) is -2.85. The van der Waals surface area contributed by atoms with Gasteiger partial charge in [0.25, 0.3) is 17.7 Å². The summed E-state index contributed by atoms with van der Waals surface area (Å²) in [6.07, 6.45) is 1.39. The van der Waals surface area contributed by atoms with Gasteiger partial charge in [-0.25, -0.2) is 18.8 Å². The molecule has 0 spiro atoms. The Bertz CT molecular complexity index is 1510. The molecule has 0 radical (unpaired) electrons. The van der Waals surface area contributed by atoms with E-state index in [1.165, 1.54) is 30.1 Å². The van der Waals surface area contributed by atoms with Gasteiger partial charge in [0.1, 0.15) is 17.4 Å². The van der Waals surface area contributed by atoms with Crippen molar-refractivity contribution in [3.63, 3.8) is 0 Å². The molecule has 230 valence electrons. The van der Waals surface area contributed by atoms with E-state index >= 15 is 0 Å². The Morgan fingerprint density at radius 3 is 2.50 bits per heavy atom. The number of carbonyl (C=O) groups is 4. The fourth-order valence-electron chi connectivity index (χ4n) is 3.53. The Balaban J connectivity index is 1.80. The summed E-state index contributed by atoms with van der Waals surface area (Å²) in [7, 11) is 0.504. The zero-order valence-corrected chi connectivity index (χ0v) is 24.8. The van der Waals surface area contributed by atoms with Crippen molar-refractivity contribution in [2.24, 2.45) is 5.16 Å². The lowest BCUT2D eigenvalue weighted by molar-refractivity contribution is -0.862. The summed E-state index contributed by atoms with van der Waals surface area (Å²) in [5, 5.41) is 27.1. The van der Waals surface area contributed by atoms with Crippen molar-refractivity contribution in [2.45, 2.75) is 44.6 Å². The standard InChI is InChI=1S/C21H30N10O9S2/c1-21(2,19(35)36)40-27-15(12-10-41-20(22)24-12)17(33)25-16-13(30(18(16)34)42(37,38)39)8-29-7-11(26-28-29)6-23-14(32)9-31(3,4)5/h7,10,13,16H,6,8-9H2,1-5H3,(H5-,22,23,24,25,32,33,35,36,37,38,39)/p+1/b27-15-/t13-,16+/m1/s1. The highest BCUT2D eigenvalue weighted by molar-refractivity contribution is 7.84. The number of nitrogens with two attached hydrogens (primary N) is 1. The SMILES string of the molecule is CC(C)(O/N=C(\C(=O)N[C@@H]1C(=O)N(S(=O)(=O)O)[C@@H]1Cn1cc(CNC(=O)C[N+](C)(C)C)nn1)c1csc(N)n1)C(=O)O. The van der Waals surface area contributed by atoms with Gasteiger partial charge in [-0.1, -0.05) is 10.4 Å². The van der Waals surface area contributed by atoms with Crippen LogP contribution >= 0.6 is 11.3 Å². The normalized spacial score (nSPS) is 17.9. The number of hydrogen-bond acceptors (Lipinski definition) is 13. The average molecular weight is 632 g/mol. The van der Waals surface area contributed by atoms with Crippen LogP contribution in [0.1, 0.15) is 25.2 Å². The number of nitrogen functional groups attached to an aromatic ring is 1. The molecular weight excluding hydrogens is 600 g/mol. The van der Waals surface area contributed by atoms with Crippen LogP contribution in [0.5, 0.6) is 0 Å². The molecule has 0 aliphatic carbocycles. The number of carbonyl (C=O) groups excluding carboxylic acids is 3. The maximum Gasteiger partial charge on any atom is 0.362 e. The lowest BCUT2D eigenvalue weighted by Gasteiger charge is -2.43. The van der Waals surface area contributed by atoms with Crippen molar-refractivity contribution in [2.75, 3.05) is 33.4 Å². The second-order valence-corrected chi connectivity index (χ2v) is 12.9. The molecule has 21 heteroatoms. The van der Waals surface area contributed by atoms with E-state index in [1.54, 1.807) is 0 Å². The molecule has 19 nitrogen and oxygen atoms in total. The van der Waals surface area contributed by atoms with Crippen molar-refractivity contribution in [1.82, 2.24) is 34.9 Å².